The molecule has 25 heavy (non-hydrogen) atoms. The van der Waals surface area contributed by atoms with E-state index in [9.17, 15) is 14.5 Å². The zero-order chi connectivity index (χ0) is 17.4. The predicted molar refractivity (Wildman–Crippen MR) is 88.1 cm³/mol. The Morgan fingerprint density at radius 3 is 2.84 bits per heavy atom. The van der Waals surface area contributed by atoms with E-state index in [0.29, 0.717) is 38.8 Å². The zero-order valence-corrected chi connectivity index (χ0v) is 13.3. The van der Waals surface area contributed by atoms with Crippen LogP contribution in [-0.2, 0) is 11.3 Å². The van der Waals surface area contributed by atoms with E-state index in [1.165, 1.54) is 6.07 Å². The SMILES string of the molecule is O=[N+]([O-])c1ccc2c(c1)COCC1CN(c3ncc(F)cn3)CCN21. The molecule has 1 aromatic carbocycles. The molecule has 2 aromatic rings. The van der Waals surface area contributed by atoms with Crippen molar-refractivity contribution in [3.8, 4) is 0 Å². The summed E-state index contributed by atoms with van der Waals surface area (Å²) in [4.78, 5) is 22.9. The highest BCUT2D eigenvalue weighted by molar-refractivity contribution is 5.60. The molecule has 1 unspecified atom stereocenters. The number of rotatable bonds is 2. The van der Waals surface area contributed by atoms with Gasteiger partial charge in [-0.3, -0.25) is 10.1 Å². The van der Waals surface area contributed by atoms with Crippen molar-refractivity contribution in [3.05, 3.63) is 52.1 Å². The second kappa shape index (κ2) is 6.25. The highest BCUT2D eigenvalue weighted by Crippen LogP contribution is 2.32. The summed E-state index contributed by atoms with van der Waals surface area (Å²) in [5.74, 6) is 0.0323. The number of halogens is 1. The van der Waals surface area contributed by atoms with Gasteiger partial charge >= 0.3 is 0 Å². The number of nitro groups is 1. The molecule has 0 radical (unpaired) electrons. The van der Waals surface area contributed by atoms with Gasteiger partial charge in [0.05, 0.1) is 36.6 Å². The van der Waals surface area contributed by atoms with Gasteiger partial charge in [-0.25, -0.2) is 14.4 Å². The second-order valence-electron chi connectivity index (χ2n) is 6.08. The Morgan fingerprint density at radius 1 is 1.28 bits per heavy atom. The van der Waals surface area contributed by atoms with Crippen molar-refractivity contribution in [2.24, 2.45) is 0 Å². The summed E-state index contributed by atoms with van der Waals surface area (Å²) in [6.45, 7) is 2.87. The van der Waals surface area contributed by atoms with Crippen LogP contribution in [0.4, 0.5) is 21.7 Å². The number of piperazine rings is 1. The van der Waals surface area contributed by atoms with E-state index in [-0.39, 0.29) is 11.7 Å². The lowest BCUT2D eigenvalue weighted by Gasteiger charge is -2.41. The van der Waals surface area contributed by atoms with E-state index in [2.05, 4.69) is 14.9 Å². The van der Waals surface area contributed by atoms with Crippen LogP contribution in [0.5, 0.6) is 0 Å². The first-order chi connectivity index (χ1) is 12.1. The van der Waals surface area contributed by atoms with Gasteiger partial charge in [0, 0.05) is 43.0 Å². The molecular weight excluding hydrogens is 329 g/mol. The second-order valence-corrected chi connectivity index (χ2v) is 6.08. The maximum absolute atomic E-state index is 13.0. The molecular formula is C16H16FN5O3. The lowest BCUT2D eigenvalue weighted by atomic mass is 10.1. The molecule has 1 aromatic heterocycles. The Morgan fingerprint density at radius 2 is 2.08 bits per heavy atom. The average molecular weight is 345 g/mol. The highest BCUT2D eigenvalue weighted by Gasteiger charge is 2.32. The van der Waals surface area contributed by atoms with Crippen LogP contribution in [0.2, 0.25) is 0 Å². The molecule has 2 aliphatic rings. The van der Waals surface area contributed by atoms with Crippen molar-refractivity contribution in [2.45, 2.75) is 12.6 Å². The van der Waals surface area contributed by atoms with E-state index < -0.39 is 10.7 Å². The third-order valence-electron chi connectivity index (χ3n) is 4.52. The van der Waals surface area contributed by atoms with Gasteiger partial charge in [-0.2, -0.15) is 0 Å². The molecule has 2 aliphatic heterocycles. The number of nitro benzene ring substituents is 1. The molecule has 0 bridgehead atoms. The fraction of sp³-hybridized carbons (Fsp3) is 0.375. The van der Waals surface area contributed by atoms with Gasteiger partial charge in [0.25, 0.3) is 5.69 Å². The third-order valence-corrected chi connectivity index (χ3v) is 4.52. The van der Waals surface area contributed by atoms with Gasteiger partial charge in [0.1, 0.15) is 0 Å². The molecule has 0 amide bonds. The maximum atomic E-state index is 13.0. The summed E-state index contributed by atoms with van der Waals surface area (Å²) in [6, 6.07) is 4.97. The molecule has 0 aliphatic carbocycles. The van der Waals surface area contributed by atoms with Gasteiger partial charge < -0.3 is 14.5 Å². The smallest absolute Gasteiger partial charge is 0.269 e. The summed E-state index contributed by atoms with van der Waals surface area (Å²) in [5.41, 5.74) is 1.86. The van der Waals surface area contributed by atoms with Gasteiger partial charge in [0.15, 0.2) is 5.82 Å². The van der Waals surface area contributed by atoms with Crippen LogP contribution < -0.4 is 9.80 Å². The summed E-state index contributed by atoms with van der Waals surface area (Å²) in [7, 11) is 0. The minimum Gasteiger partial charge on any atom is -0.374 e. The van der Waals surface area contributed by atoms with Gasteiger partial charge in [-0.05, 0) is 6.07 Å². The van der Waals surface area contributed by atoms with Crippen LogP contribution in [0.3, 0.4) is 0 Å². The Labute approximate surface area is 143 Å². The lowest BCUT2D eigenvalue weighted by Crippen LogP contribution is -2.55. The van der Waals surface area contributed by atoms with Crippen molar-refractivity contribution >= 4 is 17.3 Å². The number of fused-ring (bicyclic) bond motifs is 3. The van der Waals surface area contributed by atoms with E-state index in [1.54, 1.807) is 12.1 Å². The van der Waals surface area contributed by atoms with E-state index >= 15 is 0 Å². The van der Waals surface area contributed by atoms with Crippen LogP contribution in [-0.4, -0.2) is 47.2 Å². The molecule has 130 valence electrons. The number of nitrogens with zero attached hydrogens (tertiary/aromatic N) is 5. The summed E-state index contributed by atoms with van der Waals surface area (Å²) in [5, 5.41) is 11.0. The fourth-order valence-electron chi connectivity index (χ4n) is 3.35. The first-order valence-electron chi connectivity index (χ1n) is 7.96. The first kappa shape index (κ1) is 15.7. The van der Waals surface area contributed by atoms with Crippen molar-refractivity contribution in [1.82, 2.24) is 9.97 Å². The van der Waals surface area contributed by atoms with E-state index in [0.717, 1.165) is 23.6 Å². The fourth-order valence-corrected chi connectivity index (χ4v) is 3.35. The lowest BCUT2D eigenvalue weighted by molar-refractivity contribution is -0.384. The molecule has 1 saturated heterocycles. The monoisotopic (exact) mass is 345 g/mol. The largest absolute Gasteiger partial charge is 0.374 e. The van der Waals surface area contributed by atoms with Gasteiger partial charge in [-0.15, -0.1) is 0 Å². The normalized spacial score (nSPS) is 19.8. The van der Waals surface area contributed by atoms with Crippen molar-refractivity contribution in [1.29, 1.82) is 0 Å². The molecule has 4 rings (SSSR count). The molecule has 9 heteroatoms. The van der Waals surface area contributed by atoms with Crippen LogP contribution >= 0.6 is 0 Å². The number of hydrogen-bond donors (Lipinski definition) is 0. The van der Waals surface area contributed by atoms with E-state index in [4.69, 9.17) is 4.74 Å². The standard InChI is InChI=1S/C16H16FN5O3/c17-12-6-18-16(19-7-12)20-3-4-21-14(8-20)10-25-9-11-5-13(22(23)24)1-2-15(11)21/h1-2,5-7,14H,3-4,8-10H2. The van der Waals surface area contributed by atoms with Crippen molar-refractivity contribution in [3.63, 3.8) is 0 Å². The van der Waals surface area contributed by atoms with E-state index in [1.807, 2.05) is 4.90 Å². The van der Waals surface area contributed by atoms with Gasteiger partial charge in [0.2, 0.25) is 5.95 Å². The quantitative estimate of drug-likeness (QED) is 0.605. The topological polar surface area (TPSA) is 84.6 Å². The third kappa shape index (κ3) is 2.98. The summed E-state index contributed by atoms with van der Waals surface area (Å²) in [6.07, 6.45) is 2.32. The number of ether oxygens (including phenoxy) is 1. The molecule has 1 fully saturated rings. The number of non-ortho nitro benzene ring substituents is 1. The minimum absolute atomic E-state index is 0.0687. The Kier molecular flexibility index (Phi) is 3.92. The maximum Gasteiger partial charge on any atom is 0.269 e. The Hall–Kier alpha value is -2.81. The number of benzene rings is 1. The average Bonchev–Trinajstić information content (AvgIpc) is 2.80. The molecule has 3 heterocycles. The molecule has 0 saturated carbocycles. The molecule has 0 N–H and O–H groups in total. The Balaban J connectivity index is 1.58. The van der Waals surface area contributed by atoms with Gasteiger partial charge in [-0.1, -0.05) is 0 Å². The highest BCUT2D eigenvalue weighted by atomic mass is 19.1. The predicted octanol–water partition coefficient (Wildman–Crippen LogP) is 1.75. The van der Waals surface area contributed by atoms with Crippen LogP contribution in [0, 0.1) is 15.9 Å². The number of aromatic nitrogens is 2. The molecule has 8 nitrogen and oxygen atoms in total. The Bertz CT molecular complexity index is 801. The first-order valence-corrected chi connectivity index (χ1v) is 7.96. The van der Waals surface area contributed by atoms with Crippen LogP contribution in [0.25, 0.3) is 0 Å². The summed E-state index contributed by atoms with van der Waals surface area (Å²) < 4.78 is 18.7. The molecule has 0 spiro atoms. The van der Waals surface area contributed by atoms with Crippen LogP contribution in [0.1, 0.15) is 5.56 Å². The zero-order valence-electron chi connectivity index (χ0n) is 13.3. The van der Waals surface area contributed by atoms with Crippen LogP contribution in [0.15, 0.2) is 30.6 Å². The molecule has 1 atom stereocenters. The minimum atomic E-state index is -0.462. The number of hydrogen-bond acceptors (Lipinski definition) is 7. The van der Waals surface area contributed by atoms with Crippen molar-refractivity contribution in [2.75, 3.05) is 36.0 Å². The number of anilines is 2. The summed E-state index contributed by atoms with van der Waals surface area (Å²) >= 11 is 0. The van der Waals surface area contributed by atoms with Crippen molar-refractivity contribution < 1.29 is 14.1 Å².